The standard InChI is InChI=1S/C11H14BNO/c1-14-11-7-9(12)6-10(8-11)13-4-2-3-5-13/h6-8H,2-5H2,1H3. The molecule has 3 heteroatoms. The third-order valence-corrected chi connectivity index (χ3v) is 2.62. The second-order valence-corrected chi connectivity index (χ2v) is 3.66. The van der Waals surface area contributed by atoms with Gasteiger partial charge in [0, 0.05) is 24.8 Å². The van der Waals surface area contributed by atoms with Gasteiger partial charge in [0.05, 0.1) is 7.11 Å². The average Bonchev–Trinajstić information content (AvgIpc) is 2.69. The molecule has 1 fully saturated rings. The highest BCUT2D eigenvalue weighted by molar-refractivity contribution is 6.32. The van der Waals surface area contributed by atoms with E-state index in [4.69, 9.17) is 12.6 Å². The van der Waals surface area contributed by atoms with Crippen LogP contribution in [0.3, 0.4) is 0 Å². The minimum Gasteiger partial charge on any atom is -0.497 e. The van der Waals surface area contributed by atoms with Crippen molar-refractivity contribution < 1.29 is 4.74 Å². The molecule has 0 spiro atoms. The maximum Gasteiger partial charge on any atom is 0.120 e. The van der Waals surface area contributed by atoms with E-state index in [2.05, 4.69) is 4.90 Å². The van der Waals surface area contributed by atoms with Crippen LogP contribution in [0.5, 0.6) is 5.75 Å². The van der Waals surface area contributed by atoms with E-state index in [-0.39, 0.29) is 0 Å². The number of rotatable bonds is 2. The summed E-state index contributed by atoms with van der Waals surface area (Å²) in [4.78, 5) is 2.35. The molecule has 1 saturated heterocycles. The molecule has 1 aromatic rings. The molecule has 1 aliphatic rings. The van der Waals surface area contributed by atoms with E-state index < -0.39 is 0 Å². The number of benzene rings is 1. The van der Waals surface area contributed by atoms with Gasteiger partial charge in [-0.3, -0.25) is 0 Å². The van der Waals surface area contributed by atoms with Gasteiger partial charge in [0.25, 0.3) is 0 Å². The van der Waals surface area contributed by atoms with Crippen molar-refractivity contribution >= 4 is 19.0 Å². The number of methoxy groups -OCH3 is 1. The molecule has 0 aliphatic carbocycles. The molecule has 1 heterocycles. The third kappa shape index (κ3) is 1.86. The summed E-state index contributed by atoms with van der Waals surface area (Å²) >= 11 is 0. The van der Waals surface area contributed by atoms with E-state index in [0.29, 0.717) is 0 Å². The monoisotopic (exact) mass is 187 g/mol. The van der Waals surface area contributed by atoms with Gasteiger partial charge in [-0.15, -0.1) is 0 Å². The van der Waals surface area contributed by atoms with Gasteiger partial charge in [-0.05, 0) is 25.0 Å². The normalized spacial score (nSPS) is 15.9. The van der Waals surface area contributed by atoms with Crippen LogP contribution >= 0.6 is 0 Å². The molecule has 1 aliphatic heterocycles. The van der Waals surface area contributed by atoms with Crippen molar-refractivity contribution in [1.82, 2.24) is 0 Å². The number of hydrogen-bond donors (Lipinski definition) is 0. The fourth-order valence-electron chi connectivity index (χ4n) is 1.88. The lowest BCUT2D eigenvalue weighted by Gasteiger charge is -2.19. The molecule has 14 heavy (non-hydrogen) atoms. The quantitative estimate of drug-likeness (QED) is 0.642. The van der Waals surface area contributed by atoms with Gasteiger partial charge < -0.3 is 9.64 Å². The summed E-state index contributed by atoms with van der Waals surface area (Å²) < 4.78 is 5.19. The Balaban J connectivity index is 2.27. The molecule has 0 atom stereocenters. The summed E-state index contributed by atoms with van der Waals surface area (Å²) in [5.74, 6) is 0.840. The second-order valence-electron chi connectivity index (χ2n) is 3.66. The van der Waals surface area contributed by atoms with Crippen molar-refractivity contribution in [1.29, 1.82) is 0 Å². The van der Waals surface area contributed by atoms with Gasteiger partial charge in [-0.2, -0.15) is 0 Å². The van der Waals surface area contributed by atoms with Crippen molar-refractivity contribution in [3.05, 3.63) is 18.2 Å². The minimum atomic E-state index is 0.770. The Kier molecular flexibility index (Phi) is 2.66. The summed E-state index contributed by atoms with van der Waals surface area (Å²) in [6.45, 7) is 2.26. The van der Waals surface area contributed by atoms with E-state index in [0.717, 1.165) is 24.3 Å². The fraction of sp³-hybridized carbons (Fsp3) is 0.455. The molecule has 0 saturated carbocycles. The molecule has 0 unspecified atom stereocenters. The Morgan fingerprint density at radius 3 is 2.57 bits per heavy atom. The molecule has 0 aromatic heterocycles. The van der Waals surface area contributed by atoms with Crippen molar-refractivity contribution in [2.45, 2.75) is 12.8 Å². The zero-order valence-electron chi connectivity index (χ0n) is 8.49. The molecular formula is C11H14BNO. The highest BCUT2D eigenvalue weighted by Gasteiger charge is 2.12. The largest absolute Gasteiger partial charge is 0.497 e. The summed E-state index contributed by atoms with van der Waals surface area (Å²) in [5, 5.41) is 0. The molecule has 0 N–H and O–H groups in total. The molecule has 2 radical (unpaired) electrons. The molecule has 0 bridgehead atoms. The first-order valence-electron chi connectivity index (χ1n) is 4.99. The van der Waals surface area contributed by atoms with Crippen LogP contribution in [0, 0.1) is 0 Å². The Morgan fingerprint density at radius 2 is 1.93 bits per heavy atom. The lowest BCUT2D eigenvalue weighted by atomic mass is 9.95. The molecule has 0 amide bonds. The van der Waals surface area contributed by atoms with Gasteiger partial charge in [0.15, 0.2) is 0 Å². The van der Waals surface area contributed by atoms with Gasteiger partial charge in [-0.25, -0.2) is 0 Å². The van der Waals surface area contributed by atoms with Gasteiger partial charge in [0.1, 0.15) is 13.6 Å². The van der Waals surface area contributed by atoms with E-state index in [1.165, 1.54) is 18.5 Å². The Bertz CT molecular complexity index is 321. The Hall–Kier alpha value is -1.12. The van der Waals surface area contributed by atoms with Crippen LogP contribution < -0.4 is 15.1 Å². The third-order valence-electron chi connectivity index (χ3n) is 2.62. The van der Waals surface area contributed by atoms with Crippen LogP contribution in [0.1, 0.15) is 12.8 Å². The highest BCUT2D eigenvalue weighted by atomic mass is 16.5. The van der Waals surface area contributed by atoms with Gasteiger partial charge in [0.2, 0.25) is 0 Å². The topological polar surface area (TPSA) is 12.5 Å². The maximum atomic E-state index is 5.80. The Morgan fingerprint density at radius 1 is 1.21 bits per heavy atom. The summed E-state index contributed by atoms with van der Waals surface area (Å²) in [6.07, 6.45) is 2.55. The van der Waals surface area contributed by atoms with Crippen LogP contribution in [0.15, 0.2) is 18.2 Å². The van der Waals surface area contributed by atoms with Crippen LogP contribution in [0.2, 0.25) is 0 Å². The first-order valence-corrected chi connectivity index (χ1v) is 4.99. The SMILES string of the molecule is [B]c1cc(OC)cc(N2CCCC2)c1. The van der Waals surface area contributed by atoms with E-state index in [9.17, 15) is 0 Å². The van der Waals surface area contributed by atoms with Gasteiger partial charge in [-0.1, -0.05) is 5.46 Å². The first-order chi connectivity index (χ1) is 6.79. The van der Waals surface area contributed by atoms with Crippen molar-refractivity contribution in [2.24, 2.45) is 0 Å². The number of anilines is 1. The van der Waals surface area contributed by atoms with E-state index in [1.807, 2.05) is 18.2 Å². The Labute approximate surface area is 86.3 Å². The number of hydrogen-bond acceptors (Lipinski definition) is 2. The zero-order chi connectivity index (χ0) is 9.97. The molecule has 1 aromatic carbocycles. The molecular weight excluding hydrogens is 173 g/mol. The lowest BCUT2D eigenvalue weighted by Crippen LogP contribution is -2.19. The summed E-state index contributed by atoms with van der Waals surface area (Å²) in [5.41, 5.74) is 1.95. The van der Waals surface area contributed by atoms with E-state index in [1.54, 1.807) is 7.11 Å². The smallest absolute Gasteiger partial charge is 0.120 e. The summed E-state index contributed by atoms with van der Waals surface area (Å²) in [6, 6.07) is 5.90. The fourth-order valence-corrected chi connectivity index (χ4v) is 1.88. The predicted molar refractivity (Wildman–Crippen MR) is 59.8 cm³/mol. The predicted octanol–water partition coefficient (Wildman–Crippen LogP) is 1.09. The van der Waals surface area contributed by atoms with Crippen molar-refractivity contribution in [3.63, 3.8) is 0 Å². The van der Waals surface area contributed by atoms with E-state index >= 15 is 0 Å². The van der Waals surface area contributed by atoms with Crippen molar-refractivity contribution in [3.8, 4) is 5.75 Å². The maximum absolute atomic E-state index is 5.80. The van der Waals surface area contributed by atoms with Crippen LogP contribution in [-0.4, -0.2) is 28.0 Å². The van der Waals surface area contributed by atoms with Gasteiger partial charge >= 0.3 is 0 Å². The zero-order valence-corrected chi connectivity index (χ0v) is 8.49. The highest BCUT2D eigenvalue weighted by Crippen LogP contribution is 2.22. The molecule has 72 valence electrons. The lowest BCUT2D eigenvalue weighted by molar-refractivity contribution is 0.415. The van der Waals surface area contributed by atoms with Crippen LogP contribution in [0.25, 0.3) is 0 Å². The second kappa shape index (κ2) is 3.95. The van der Waals surface area contributed by atoms with Crippen molar-refractivity contribution in [2.75, 3.05) is 25.1 Å². The average molecular weight is 187 g/mol. The van der Waals surface area contributed by atoms with Crippen LogP contribution in [-0.2, 0) is 0 Å². The van der Waals surface area contributed by atoms with Crippen LogP contribution in [0.4, 0.5) is 5.69 Å². The minimum absolute atomic E-state index is 0.770. The number of ether oxygens (including phenoxy) is 1. The molecule has 2 rings (SSSR count). The first kappa shape index (κ1) is 9.44. The summed E-state index contributed by atoms with van der Waals surface area (Å²) in [7, 11) is 7.47. The number of nitrogens with zero attached hydrogens (tertiary/aromatic N) is 1. The molecule has 2 nitrogen and oxygen atoms in total.